The van der Waals surface area contributed by atoms with E-state index < -0.39 is 28.8 Å². The van der Waals surface area contributed by atoms with Crippen LogP contribution in [-0.4, -0.2) is 49.9 Å². The van der Waals surface area contributed by atoms with Gasteiger partial charge in [0.15, 0.2) is 37.8 Å². The van der Waals surface area contributed by atoms with Crippen molar-refractivity contribution in [2.45, 2.75) is 90.0 Å². The van der Waals surface area contributed by atoms with Crippen LogP contribution in [0, 0.1) is 0 Å². The van der Waals surface area contributed by atoms with Crippen molar-refractivity contribution in [1.82, 2.24) is 0 Å². The topological polar surface area (TPSA) is 72.5 Å². The predicted molar refractivity (Wildman–Crippen MR) is 160 cm³/mol. The van der Waals surface area contributed by atoms with Crippen molar-refractivity contribution >= 4 is 22.9 Å². The van der Waals surface area contributed by atoms with E-state index in [1.807, 2.05) is 18.2 Å². The van der Waals surface area contributed by atoms with E-state index >= 15 is 0 Å². The molecule has 0 radical (unpaired) electrons. The number of aldehydes is 1. The van der Waals surface area contributed by atoms with Gasteiger partial charge in [-0.05, 0) is 60.5 Å². The molecule has 0 amide bonds. The lowest BCUT2D eigenvalue weighted by Crippen LogP contribution is -2.46. The van der Waals surface area contributed by atoms with Gasteiger partial charge < -0.3 is 27.8 Å². The Morgan fingerprint density at radius 1 is 0.821 bits per heavy atom. The van der Waals surface area contributed by atoms with Gasteiger partial charge >= 0.3 is 0 Å². The molecule has 0 aliphatic carbocycles. The van der Waals surface area contributed by atoms with Crippen molar-refractivity contribution in [3.8, 4) is 28.7 Å². The Bertz CT molecular complexity index is 1180. The molecule has 0 bridgehead atoms. The molecule has 0 aromatic heterocycles. The van der Waals surface area contributed by atoms with Gasteiger partial charge in [0.25, 0.3) is 8.32 Å². The summed E-state index contributed by atoms with van der Waals surface area (Å²) in [6, 6.07) is 9.21. The Labute approximate surface area is 236 Å². The number of hydrogen-bond donors (Lipinski definition) is 0. The molecule has 2 aromatic rings. The molecule has 0 spiro atoms. The quantitative estimate of drug-likeness (QED) is 0.223. The summed E-state index contributed by atoms with van der Waals surface area (Å²) in [5, 5.41) is 0.0840. The zero-order valence-electron chi connectivity index (χ0n) is 25.7. The highest BCUT2D eigenvalue weighted by atomic mass is 28.4. The van der Waals surface area contributed by atoms with Crippen molar-refractivity contribution in [3.05, 3.63) is 41.5 Å². The van der Waals surface area contributed by atoms with Gasteiger partial charge in [0.2, 0.25) is 5.75 Å². The first-order valence-corrected chi connectivity index (χ1v) is 19.3. The molecule has 1 aliphatic heterocycles. The van der Waals surface area contributed by atoms with Crippen LogP contribution in [0.3, 0.4) is 0 Å². The third-order valence-electron chi connectivity index (χ3n) is 8.36. The van der Waals surface area contributed by atoms with Crippen LogP contribution >= 0.6 is 0 Å². The number of methoxy groups -OCH3 is 2. The second-order valence-corrected chi connectivity index (χ2v) is 22.7. The van der Waals surface area contributed by atoms with Gasteiger partial charge in [-0.3, -0.25) is 4.79 Å². The third-order valence-corrected chi connectivity index (χ3v) is 17.2. The summed E-state index contributed by atoms with van der Waals surface area (Å²) in [4.78, 5) is 11.6. The van der Waals surface area contributed by atoms with Gasteiger partial charge in [0.05, 0.1) is 20.8 Å². The fourth-order valence-electron chi connectivity index (χ4n) is 3.73. The number of fused-ring (bicyclic) bond motifs is 1. The minimum atomic E-state index is -2.08. The van der Waals surface area contributed by atoms with Crippen LogP contribution in [0.25, 0.3) is 0 Å². The number of ether oxygens (including phenoxy) is 4. The number of benzene rings is 2. The molecule has 39 heavy (non-hydrogen) atoms. The molecule has 0 saturated carbocycles. The zero-order valence-corrected chi connectivity index (χ0v) is 27.7. The molecule has 0 fully saturated rings. The number of carbonyl (C=O) groups excluding carboxylic acids is 1. The molecule has 3 rings (SSSR count). The standard InChI is InChI=1S/C30H46O7Si2/c1-29(2,3)38(9,10)34-19-26-27(35-25-16-20(18-31)15-24(33-8)28(25)36-26)21-13-14-22(23(17-21)32-7)37-39(11,12)30(4,5)6/h13-18,26-27H,19H2,1-12H3/t26-,27-/m1/s1. The summed E-state index contributed by atoms with van der Waals surface area (Å²) in [5.74, 6) is 2.71. The Morgan fingerprint density at radius 2 is 1.44 bits per heavy atom. The van der Waals surface area contributed by atoms with Gasteiger partial charge in [-0.25, -0.2) is 0 Å². The number of carbonyl (C=O) groups is 1. The van der Waals surface area contributed by atoms with Crippen LogP contribution in [0.15, 0.2) is 30.3 Å². The molecule has 1 heterocycles. The molecule has 216 valence electrons. The van der Waals surface area contributed by atoms with Gasteiger partial charge in [0, 0.05) is 11.1 Å². The lowest BCUT2D eigenvalue weighted by Gasteiger charge is -2.40. The first kappa shape index (κ1) is 31.0. The maximum absolute atomic E-state index is 11.6. The average molecular weight is 575 g/mol. The van der Waals surface area contributed by atoms with Crippen LogP contribution in [-0.2, 0) is 4.43 Å². The van der Waals surface area contributed by atoms with E-state index in [9.17, 15) is 4.79 Å². The van der Waals surface area contributed by atoms with Crippen molar-refractivity contribution in [1.29, 1.82) is 0 Å². The van der Waals surface area contributed by atoms with E-state index in [1.54, 1.807) is 26.4 Å². The first-order chi connectivity index (χ1) is 17.9. The van der Waals surface area contributed by atoms with Crippen LogP contribution in [0.5, 0.6) is 28.7 Å². The molecular formula is C30H46O7Si2. The van der Waals surface area contributed by atoms with Crippen LogP contribution in [0.2, 0.25) is 36.3 Å². The highest BCUT2D eigenvalue weighted by Gasteiger charge is 2.42. The Balaban J connectivity index is 2.04. The average Bonchev–Trinajstić information content (AvgIpc) is 2.84. The summed E-state index contributed by atoms with van der Waals surface area (Å²) in [6.07, 6.45) is -0.201. The van der Waals surface area contributed by atoms with Crippen LogP contribution < -0.4 is 23.4 Å². The Kier molecular flexibility index (Phi) is 8.89. The minimum Gasteiger partial charge on any atom is -0.541 e. The van der Waals surface area contributed by atoms with E-state index in [0.717, 1.165) is 11.8 Å². The van der Waals surface area contributed by atoms with E-state index in [4.69, 9.17) is 27.8 Å². The summed E-state index contributed by atoms with van der Waals surface area (Å²) in [5.41, 5.74) is 1.30. The molecule has 2 atom stereocenters. The summed E-state index contributed by atoms with van der Waals surface area (Å²) < 4.78 is 37.6. The highest BCUT2D eigenvalue weighted by Crippen LogP contribution is 2.48. The second kappa shape index (κ2) is 11.2. The normalized spacial score (nSPS) is 17.9. The van der Waals surface area contributed by atoms with Gasteiger partial charge in [-0.1, -0.05) is 47.6 Å². The SMILES string of the molecule is COc1cc([C@H]2Oc3cc(C=O)cc(OC)c3O[C@@H]2CO[Si](C)(C)C(C)(C)C)ccc1O[Si](C)(C)C(C)(C)C. The largest absolute Gasteiger partial charge is 0.541 e. The molecule has 2 aromatic carbocycles. The molecule has 1 aliphatic rings. The van der Waals surface area contributed by atoms with Crippen LogP contribution in [0.1, 0.15) is 63.6 Å². The number of hydrogen-bond acceptors (Lipinski definition) is 7. The van der Waals surface area contributed by atoms with Crippen molar-refractivity contribution in [2.24, 2.45) is 0 Å². The molecular weight excluding hydrogens is 528 g/mol. The van der Waals surface area contributed by atoms with E-state index in [-0.39, 0.29) is 10.1 Å². The molecule has 9 heteroatoms. The summed E-state index contributed by atoms with van der Waals surface area (Å²) >= 11 is 0. The first-order valence-electron chi connectivity index (χ1n) is 13.5. The van der Waals surface area contributed by atoms with Crippen molar-refractivity contribution in [2.75, 3.05) is 20.8 Å². The van der Waals surface area contributed by atoms with E-state index in [2.05, 4.69) is 67.7 Å². The maximum atomic E-state index is 11.6. The minimum absolute atomic E-state index is 0.0401. The van der Waals surface area contributed by atoms with Crippen molar-refractivity contribution in [3.63, 3.8) is 0 Å². The predicted octanol–water partition coefficient (Wildman–Crippen LogP) is 7.80. The van der Waals surface area contributed by atoms with Gasteiger partial charge in [-0.2, -0.15) is 0 Å². The van der Waals surface area contributed by atoms with E-state index in [0.29, 0.717) is 40.9 Å². The molecule has 7 nitrogen and oxygen atoms in total. The maximum Gasteiger partial charge on any atom is 0.250 e. The molecule has 0 saturated heterocycles. The van der Waals surface area contributed by atoms with Gasteiger partial charge in [-0.15, -0.1) is 0 Å². The Morgan fingerprint density at radius 3 is 1.97 bits per heavy atom. The number of rotatable bonds is 9. The van der Waals surface area contributed by atoms with E-state index in [1.165, 1.54) is 0 Å². The summed E-state index contributed by atoms with van der Waals surface area (Å²) in [6.45, 7) is 22.4. The lowest BCUT2D eigenvalue weighted by atomic mass is 10.0. The smallest absolute Gasteiger partial charge is 0.250 e. The van der Waals surface area contributed by atoms with Gasteiger partial charge in [0.1, 0.15) is 12.0 Å². The highest BCUT2D eigenvalue weighted by molar-refractivity contribution is 6.75. The van der Waals surface area contributed by atoms with Crippen LogP contribution in [0.4, 0.5) is 0 Å². The fraction of sp³-hybridized carbons (Fsp3) is 0.567. The molecule has 0 unspecified atom stereocenters. The van der Waals surface area contributed by atoms with Crippen molar-refractivity contribution < 1.29 is 32.6 Å². The lowest BCUT2D eigenvalue weighted by molar-refractivity contribution is -0.0112. The second-order valence-electron chi connectivity index (χ2n) is 13.2. The monoisotopic (exact) mass is 574 g/mol. The fourth-order valence-corrected chi connectivity index (χ4v) is 5.77. The third kappa shape index (κ3) is 6.63. The Hall–Kier alpha value is -2.50. The summed E-state index contributed by atoms with van der Waals surface area (Å²) in [7, 11) is -0.963. The molecule has 0 N–H and O–H groups in total. The zero-order chi connectivity index (χ0) is 29.4.